The number of carboxylic acid groups (broad SMARTS) is 1. The highest BCUT2D eigenvalue weighted by Crippen LogP contribution is 2.37. The lowest BCUT2D eigenvalue weighted by Crippen LogP contribution is -2.14. The summed E-state index contributed by atoms with van der Waals surface area (Å²) in [4.78, 5) is 11.7. The molecule has 0 aromatic heterocycles. The molecule has 26 heavy (non-hydrogen) atoms. The van der Waals surface area contributed by atoms with Crippen molar-refractivity contribution in [2.45, 2.75) is 39.0 Å². The van der Waals surface area contributed by atoms with Crippen LogP contribution in [0.1, 0.15) is 44.6 Å². The Morgan fingerprint density at radius 2 is 1.88 bits per heavy atom. The van der Waals surface area contributed by atoms with Gasteiger partial charge in [-0.25, -0.2) is 4.39 Å². The zero-order valence-corrected chi connectivity index (χ0v) is 15.2. The van der Waals surface area contributed by atoms with Crippen LogP contribution in [-0.4, -0.2) is 17.7 Å². The monoisotopic (exact) mass is 356 g/mol. The van der Waals surface area contributed by atoms with Crippen LogP contribution in [0.4, 0.5) is 4.39 Å². The molecule has 2 aromatic rings. The lowest BCUT2D eigenvalue weighted by molar-refractivity contribution is -0.139. The summed E-state index contributed by atoms with van der Waals surface area (Å²) >= 11 is 0. The summed E-state index contributed by atoms with van der Waals surface area (Å²) in [5, 5.41) is 9.63. The van der Waals surface area contributed by atoms with Gasteiger partial charge in [-0.1, -0.05) is 38.1 Å². The Morgan fingerprint density at radius 1 is 1.19 bits per heavy atom. The fourth-order valence-electron chi connectivity index (χ4n) is 3.09. The van der Waals surface area contributed by atoms with Crippen LogP contribution in [0.5, 0.6) is 5.75 Å². The Bertz CT molecular complexity index is 763. The zero-order chi connectivity index (χ0) is 18.7. The highest BCUT2D eigenvalue weighted by Gasteiger charge is 2.25. The van der Waals surface area contributed by atoms with E-state index < -0.39 is 11.9 Å². The maximum absolute atomic E-state index is 13.2. The normalized spacial score (nSPS) is 15.1. The molecule has 0 saturated heterocycles. The summed E-state index contributed by atoms with van der Waals surface area (Å²) < 4.78 is 19.3. The minimum absolute atomic E-state index is 0.281. The molecule has 1 N–H and O–H groups in total. The summed E-state index contributed by atoms with van der Waals surface area (Å²) in [7, 11) is 0. The molecule has 1 atom stereocenters. The van der Waals surface area contributed by atoms with Crippen molar-refractivity contribution in [2.24, 2.45) is 11.8 Å². The first-order chi connectivity index (χ1) is 12.4. The second kappa shape index (κ2) is 7.90. The first-order valence-corrected chi connectivity index (χ1v) is 9.19. The Hall–Kier alpha value is -2.36. The van der Waals surface area contributed by atoms with Crippen molar-refractivity contribution in [3.8, 4) is 16.9 Å². The molecule has 1 saturated carbocycles. The van der Waals surface area contributed by atoms with Crippen molar-refractivity contribution in [2.75, 3.05) is 6.61 Å². The van der Waals surface area contributed by atoms with Crippen LogP contribution in [0.25, 0.3) is 11.1 Å². The van der Waals surface area contributed by atoms with Crippen LogP contribution in [0, 0.1) is 17.7 Å². The van der Waals surface area contributed by atoms with E-state index in [1.807, 2.05) is 32.0 Å². The predicted molar refractivity (Wildman–Crippen MR) is 99.9 cm³/mol. The first-order valence-electron chi connectivity index (χ1n) is 9.19. The average molecular weight is 356 g/mol. The molecule has 0 amide bonds. The maximum atomic E-state index is 13.2. The van der Waals surface area contributed by atoms with Crippen molar-refractivity contribution in [3.05, 3.63) is 53.8 Å². The topological polar surface area (TPSA) is 46.5 Å². The Balaban J connectivity index is 1.95. The fraction of sp³-hybridized carbons (Fsp3) is 0.409. The van der Waals surface area contributed by atoms with Crippen LogP contribution in [0.15, 0.2) is 42.5 Å². The molecular formula is C22H25FO3. The summed E-state index contributed by atoms with van der Waals surface area (Å²) in [6, 6.07) is 11.9. The number of benzene rings is 2. The third-order valence-electron chi connectivity index (χ3n) is 4.74. The molecule has 138 valence electrons. The molecule has 0 spiro atoms. The van der Waals surface area contributed by atoms with E-state index >= 15 is 0 Å². The molecule has 2 aromatic carbocycles. The number of ether oxygens (including phenoxy) is 1. The van der Waals surface area contributed by atoms with E-state index in [2.05, 4.69) is 0 Å². The number of hydrogen-bond donors (Lipinski definition) is 1. The van der Waals surface area contributed by atoms with E-state index in [0.717, 1.165) is 16.7 Å². The number of carbonyl (C=O) groups is 1. The zero-order valence-electron chi connectivity index (χ0n) is 15.2. The number of carboxylic acids is 1. The summed E-state index contributed by atoms with van der Waals surface area (Å²) in [5.74, 6) is -0.110. The van der Waals surface area contributed by atoms with Gasteiger partial charge < -0.3 is 9.84 Å². The minimum atomic E-state index is -0.818. The largest absolute Gasteiger partial charge is 0.493 e. The van der Waals surface area contributed by atoms with Crippen LogP contribution in [0.2, 0.25) is 0 Å². The smallest absolute Gasteiger partial charge is 0.310 e. The van der Waals surface area contributed by atoms with Crippen LogP contribution >= 0.6 is 0 Å². The van der Waals surface area contributed by atoms with Crippen molar-refractivity contribution >= 4 is 5.97 Å². The highest BCUT2D eigenvalue weighted by molar-refractivity contribution is 5.78. The molecular weight excluding hydrogens is 331 g/mol. The second-order valence-electron chi connectivity index (χ2n) is 7.54. The van der Waals surface area contributed by atoms with Gasteiger partial charge in [-0.3, -0.25) is 4.79 Å². The predicted octanol–water partition coefficient (Wildman–Crippen LogP) is 5.50. The van der Waals surface area contributed by atoms with Gasteiger partial charge in [0.1, 0.15) is 11.6 Å². The van der Waals surface area contributed by atoms with Gasteiger partial charge in [0.05, 0.1) is 12.5 Å². The molecule has 0 aliphatic heterocycles. The second-order valence-corrected chi connectivity index (χ2v) is 7.54. The van der Waals surface area contributed by atoms with Gasteiger partial charge >= 0.3 is 5.97 Å². The fourth-order valence-corrected chi connectivity index (χ4v) is 3.09. The molecule has 1 unspecified atom stereocenters. The number of aliphatic carboxylic acids is 1. The Morgan fingerprint density at radius 3 is 2.46 bits per heavy atom. The molecule has 0 bridgehead atoms. The average Bonchev–Trinajstić information content (AvgIpc) is 3.42. The number of halogens is 1. The standard InChI is InChI=1S/C22H25FO3/c1-14(2)11-20(22(24)25)17-7-10-19(16-5-8-18(23)9-6-16)21(12-17)26-13-15-3-4-15/h5-10,12,14-15,20H,3-4,11,13H2,1-2H3,(H,24,25). The minimum Gasteiger partial charge on any atom is -0.493 e. The van der Waals surface area contributed by atoms with Crippen molar-refractivity contribution in [1.82, 2.24) is 0 Å². The van der Waals surface area contributed by atoms with Gasteiger partial charge in [-0.05, 0) is 60.4 Å². The van der Waals surface area contributed by atoms with Gasteiger partial charge in [-0.15, -0.1) is 0 Å². The lowest BCUT2D eigenvalue weighted by Gasteiger charge is -2.18. The van der Waals surface area contributed by atoms with E-state index in [1.165, 1.54) is 25.0 Å². The van der Waals surface area contributed by atoms with Gasteiger partial charge in [-0.2, -0.15) is 0 Å². The van der Waals surface area contributed by atoms with E-state index in [-0.39, 0.29) is 11.7 Å². The first kappa shape index (κ1) is 18.4. The molecule has 0 radical (unpaired) electrons. The number of rotatable bonds is 8. The Labute approximate surface area is 153 Å². The van der Waals surface area contributed by atoms with Crippen molar-refractivity contribution < 1.29 is 19.0 Å². The summed E-state index contributed by atoms with van der Waals surface area (Å²) in [5.41, 5.74) is 2.48. The van der Waals surface area contributed by atoms with Crippen LogP contribution in [0.3, 0.4) is 0 Å². The lowest BCUT2D eigenvalue weighted by atomic mass is 9.89. The SMILES string of the molecule is CC(C)CC(C(=O)O)c1ccc(-c2ccc(F)cc2)c(OCC2CC2)c1. The summed E-state index contributed by atoms with van der Waals surface area (Å²) in [6.45, 7) is 4.68. The quantitative estimate of drug-likeness (QED) is 0.680. The van der Waals surface area contributed by atoms with Crippen LogP contribution < -0.4 is 4.74 Å². The van der Waals surface area contributed by atoms with Gasteiger partial charge in [0.2, 0.25) is 0 Å². The van der Waals surface area contributed by atoms with Gasteiger partial charge in [0.25, 0.3) is 0 Å². The molecule has 1 fully saturated rings. The third-order valence-corrected chi connectivity index (χ3v) is 4.74. The molecule has 1 aliphatic rings. The maximum Gasteiger partial charge on any atom is 0.310 e. The third kappa shape index (κ3) is 4.63. The van der Waals surface area contributed by atoms with Crippen LogP contribution in [-0.2, 0) is 4.79 Å². The molecule has 3 nitrogen and oxygen atoms in total. The highest BCUT2D eigenvalue weighted by atomic mass is 19.1. The molecule has 4 heteroatoms. The van der Waals surface area contributed by atoms with Gasteiger partial charge in [0.15, 0.2) is 0 Å². The molecule has 3 rings (SSSR count). The van der Waals surface area contributed by atoms with E-state index in [1.54, 1.807) is 12.1 Å². The van der Waals surface area contributed by atoms with E-state index in [9.17, 15) is 14.3 Å². The number of hydrogen-bond acceptors (Lipinski definition) is 2. The van der Waals surface area contributed by atoms with Gasteiger partial charge in [0, 0.05) is 5.56 Å². The molecule has 1 aliphatic carbocycles. The van der Waals surface area contributed by atoms with Crippen molar-refractivity contribution in [1.29, 1.82) is 0 Å². The Kier molecular flexibility index (Phi) is 5.60. The van der Waals surface area contributed by atoms with E-state index in [0.29, 0.717) is 24.7 Å². The van der Waals surface area contributed by atoms with Crippen molar-refractivity contribution in [3.63, 3.8) is 0 Å². The van der Waals surface area contributed by atoms with E-state index in [4.69, 9.17) is 4.74 Å². The summed E-state index contributed by atoms with van der Waals surface area (Å²) in [6.07, 6.45) is 2.93. The molecule has 0 heterocycles.